The molecule has 1 atom stereocenters. The topological polar surface area (TPSA) is 55.1 Å². The Morgan fingerprint density at radius 2 is 2.11 bits per heavy atom. The minimum Gasteiger partial charge on any atom is -0.396 e. The average Bonchev–Trinajstić information content (AvgIpc) is 2.78. The van der Waals surface area contributed by atoms with Gasteiger partial charge in [-0.2, -0.15) is 5.10 Å². The Bertz CT molecular complexity index is 370. The summed E-state index contributed by atoms with van der Waals surface area (Å²) in [5.74, 6) is 0.0150. The summed E-state index contributed by atoms with van der Waals surface area (Å²) in [6.45, 7) is 5.94. The number of aromatic nitrogens is 2. The van der Waals surface area contributed by atoms with Gasteiger partial charge in [0.05, 0.1) is 11.7 Å². The second-order valence-corrected chi connectivity index (χ2v) is 4.78. The molecule has 102 valence electrons. The molecule has 18 heavy (non-hydrogen) atoms. The molecule has 0 aliphatic carbocycles. The molecule has 4 heteroatoms. The van der Waals surface area contributed by atoms with Gasteiger partial charge in [-0.15, -0.1) is 0 Å². The van der Waals surface area contributed by atoms with Gasteiger partial charge in [-0.05, 0) is 32.3 Å². The van der Waals surface area contributed by atoms with Gasteiger partial charge < -0.3 is 5.11 Å². The number of carbonyl (C=O) groups excluding carboxylic acids is 1. The SMILES string of the molecule is CCC(CC)n1ccc(CC(CCO)C(C)=O)n1. The fourth-order valence-corrected chi connectivity index (χ4v) is 2.21. The molecule has 0 aliphatic heterocycles. The number of nitrogens with zero attached hydrogens (tertiary/aromatic N) is 2. The van der Waals surface area contributed by atoms with Crippen LogP contribution in [-0.4, -0.2) is 27.3 Å². The smallest absolute Gasteiger partial charge is 0.133 e. The molecule has 0 saturated heterocycles. The van der Waals surface area contributed by atoms with E-state index in [0.29, 0.717) is 18.9 Å². The lowest BCUT2D eigenvalue weighted by Gasteiger charge is -2.13. The summed E-state index contributed by atoms with van der Waals surface area (Å²) in [6, 6.07) is 2.42. The van der Waals surface area contributed by atoms with Gasteiger partial charge in [-0.25, -0.2) is 0 Å². The number of hydrogen-bond donors (Lipinski definition) is 1. The van der Waals surface area contributed by atoms with Crippen LogP contribution in [0.4, 0.5) is 0 Å². The van der Waals surface area contributed by atoms with Crippen molar-refractivity contribution in [2.75, 3.05) is 6.61 Å². The Labute approximate surface area is 109 Å². The molecule has 0 radical (unpaired) electrons. The van der Waals surface area contributed by atoms with Crippen LogP contribution in [0.25, 0.3) is 0 Å². The van der Waals surface area contributed by atoms with E-state index < -0.39 is 0 Å². The fourth-order valence-electron chi connectivity index (χ4n) is 2.21. The van der Waals surface area contributed by atoms with Gasteiger partial charge in [0.25, 0.3) is 0 Å². The maximum atomic E-state index is 11.4. The normalized spacial score (nSPS) is 12.9. The van der Waals surface area contributed by atoms with Gasteiger partial charge >= 0.3 is 0 Å². The summed E-state index contributed by atoms with van der Waals surface area (Å²) in [5.41, 5.74) is 0.940. The van der Waals surface area contributed by atoms with Crippen LogP contribution in [0.2, 0.25) is 0 Å². The third-order valence-electron chi connectivity index (χ3n) is 3.49. The molecule has 1 heterocycles. The molecule has 0 bridgehead atoms. The van der Waals surface area contributed by atoms with Gasteiger partial charge in [0.1, 0.15) is 5.78 Å². The summed E-state index contributed by atoms with van der Waals surface area (Å²) in [4.78, 5) is 11.4. The van der Waals surface area contributed by atoms with Crippen LogP contribution >= 0.6 is 0 Å². The molecule has 0 aromatic carbocycles. The third kappa shape index (κ3) is 3.95. The minimum atomic E-state index is -0.111. The number of aliphatic hydroxyl groups excluding tert-OH is 1. The number of aliphatic hydroxyl groups is 1. The van der Waals surface area contributed by atoms with Crippen molar-refractivity contribution in [1.82, 2.24) is 9.78 Å². The van der Waals surface area contributed by atoms with E-state index in [2.05, 4.69) is 18.9 Å². The molecule has 0 amide bonds. The van der Waals surface area contributed by atoms with Crippen LogP contribution in [0.15, 0.2) is 12.3 Å². The fraction of sp³-hybridized carbons (Fsp3) is 0.714. The standard InChI is InChI=1S/C14H24N2O2/c1-4-14(5-2)16-8-6-13(15-16)10-12(7-9-17)11(3)18/h6,8,12,14,17H,4-5,7,9-10H2,1-3H3. The van der Waals surface area contributed by atoms with E-state index in [1.165, 1.54) is 0 Å². The quantitative estimate of drug-likeness (QED) is 0.772. The zero-order chi connectivity index (χ0) is 13.5. The lowest BCUT2D eigenvalue weighted by Crippen LogP contribution is -2.16. The Morgan fingerprint density at radius 1 is 1.44 bits per heavy atom. The zero-order valence-electron chi connectivity index (χ0n) is 11.6. The van der Waals surface area contributed by atoms with E-state index in [1.54, 1.807) is 6.92 Å². The highest BCUT2D eigenvalue weighted by atomic mass is 16.3. The molecule has 1 unspecified atom stereocenters. The highest BCUT2D eigenvalue weighted by molar-refractivity contribution is 5.78. The van der Waals surface area contributed by atoms with Crippen LogP contribution in [0.3, 0.4) is 0 Å². The molecule has 1 N–H and O–H groups in total. The van der Waals surface area contributed by atoms with Crippen molar-refractivity contribution in [3.63, 3.8) is 0 Å². The summed E-state index contributed by atoms with van der Waals surface area (Å²) in [6.07, 6.45) is 5.26. The summed E-state index contributed by atoms with van der Waals surface area (Å²) >= 11 is 0. The number of Topliss-reactive ketones (excluding diaryl/α,β-unsaturated/α-hetero) is 1. The number of rotatable bonds is 8. The second-order valence-electron chi connectivity index (χ2n) is 4.78. The van der Waals surface area contributed by atoms with Crippen LogP contribution in [0, 0.1) is 5.92 Å². The maximum absolute atomic E-state index is 11.4. The predicted molar refractivity (Wildman–Crippen MR) is 71.4 cm³/mol. The number of carbonyl (C=O) groups is 1. The number of ketones is 1. The van der Waals surface area contributed by atoms with E-state index in [9.17, 15) is 4.79 Å². The molecule has 1 aromatic rings. The monoisotopic (exact) mass is 252 g/mol. The van der Waals surface area contributed by atoms with E-state index in [1.807, 2.05) is 16.9 Å². The van der Waals surface area contributed by atoms with Crippen LogP contribution in [-0.2, 0) is 11.2 Å². The number of hydrogen-bond acceptors (Lipinski definition) is 3. The van der Waals surface area contributed by atoms with Crippen molar-refractivity contribution in [3.05, 3.63) is 18.0 Å². The van der Waals surface area contributed by atoms with Crippen molar-refractivity contribution in [1.29, 1.82) is 0 Å². The lowest BCUT2D eigenvalue weighted by molar-refractivity contribution is -0.121. The Kier molecular flexibility index (Phi) is 6.05. The van der Waals surface area contributed by atoms with E-state index in [4.69, 9.17) is 5.11 Å². The first-order valence-corrected chi connectivity index (χ1v) is 6.77. The van der Waals surface area contributed by atoms with Crippen LogP contribution < -0.4 is 0 Å². The molecule has 4 nitrogen and oxygen atoms in total. The zero-order valence-corrected chi connectivity index (χ0v) is 11.6. The predicted octanol–water partition coefficient (Wildman–Crippen LogP) is 2.37. The van der Waals surface area contributed by atoms with Gasteiger partial charge in [-0.3, -0.25) is 9.48 Å². The Hall–Kier alpha value is -1.16. The van der Waals surface area contributed by atoms with Crippen LogP contribution in [0.1, 0.15) is 51.8 Å². The molecule has 1 aromatic heterocycles. The van der Waals surface area contributed by atoms with Crippen molar-refractivity contribution < 1.29 is 9.90 Å². The molecule has 0 fully saturated rings. The second kappa shape index (κ2) is 7.31. The molecule has 1 rings (SSSR count). The first-order valence-electron chi connectivity index (χ1n) is 6.77. The third-order valence-corrected chi connectivity index (χ3v) is 3.49. The van der Waals surface area contributed by atoms with Gasteiger partial charge in [-0.1, -0.05) is 13.8 Å². The first kappa shape index (κ1) is 14.9. The van der Waals surface area contributed by atoms with Crippen molar-refractivity contribution in [2.45, 2.75) is 52.5 Å². The van der Waals surface area contributed by atoms with Crippen molar-refractivity contribution in [2.24, 2.45) is 5.92 Å². The molecular formula is C14H24N2O2. The molecule has 0 saturated carbocycles. The van der Waals surface area contributed by atoms with E-state index in [0.717, 1.165) is 18.5 Å². The van der Waals surface area contributed by atoms with Gasteiger partial charge in [0, 0.05) is 25.1 Å². The lowest BCUT2D eigenvalue weighted by atomic mass is 9.96. The summed E-state index contributed by atoms with van der Waals surface area (Å²) in [5, 5.41) is 13.5. The van der Waals surface area contributed by atoms with Crippen molar-refractivity contribution in [3.8, 4) is 0 Å². The van der Waals surface area contributed by atoms with Crippen LogP contribution in [0.5, 0.6) is 0 Å². The Balaban J connectivity index is 2.70. The van der Waals surface area contributed by atoms with Gasteiger partial charge in [0.15, 0.2) is 0 Å². The minimum absolute atomic E-state index is 0.0531. The maximum Gasteiger partial charge on any atom is 0.133 e. The highest BCUT2D eigenvalue weighted by Crippen LogP contribution is 2.17. The van der Waals surface area contributed by atoms with E-state index >= 15 is 0 Å². The highest BCUT2D eigenvalue weighted by Gasteiger charge is 2.16. The first-order chi connectivity index (χ1) is 8.62. The molecule has 0 spiro atoms. The van der Waals surface area contributed by atoms with Gasteiger partial charge in [0.2, 0.25) is 0 Å². The Morgan fingerprint density at radius 3 is 2.61 bits per heavy atom. The summed E-state index contributed by atoms with van der Waals surface area (Å²) in [7, 11) is 0. The van der Waals surface area contributed by atoms with Crippen molar-refractivity contribution >= 4 is 5.78 Å². The average molecular weight is 252 g/mol. The van der Waals surface area contributed by atoms with E-state index in [-0.39, 0.29) is 18.3 Å². The largest absolute Gasteiger partial charge is 0.396 e. The summed E-state index contributed by atoms with van der Waals surface area (Å²) < 4.78 is 1.99. The molecular weight excluding hydrogens is 228 g/mol. The molecule has 0 aliphatic rings.